The van der Waals surface area contributed by atoms with Crippen molar-refractivity contribution in [3.63, 3.8) is 0 Å². The molecule has 0 spiro atoms. The summed E-state index contributed by atoms with van der Waals surface area (Å²) in [5.41, 5.74) is 6.36. The van der Waals surface area contributed by atoms with E-state index in [2.05, 4.69) is 0 Å². The molecule has 0 saturated carbocycles. The quantitative estimate of drug-likeness (QED) is 0.889. The van der Waals surface area contributed by atoms with Crippen LogP contribution in [0.2, 0.25) is 0 Å². The van der Waals surface area contributed by atoms with Crippen LogP contribution in [0.3, 0.4) is 0 Å². The molecule has 0 saturated heterocycles. The molecule has 1 aromatic carbocycles. The number of nitrogens with two attached hydrogens (primary N) is 1. The van der Waals surface area contributed by atoms with Crippen LogP contribution in [-0.4, -0.2) is 34.8 Å². The Morgan fingerprint density at radius 2 is 1.80 bits per heavy atom. The Bertz CT molecular complexity index is 449. The van der Waals surface area contributed by atoms with Gasteiger partial charge in [0.05, 0.1) is 13.2 Å². The maximum atomic E-state index is 11.6. The average Bonchev–Trinajstić information content (AvgIpc) is 2.33. The van der Waals surface area contributed by atoms with Crippen molar-refractivity contribution in [2.75, 3.05) is 7.11 Å². The zero-order valence-corrected chi connectivity index (χ0v) is 12.8. The maximum Gasteiger partial charge on any atom is 0.408 e. The number of nitrogens with zero attached hydrogens (tertiary/aromatic N) is 1. The van der Waals surface area contributed by atoms with Crippen LogP contribution in [0, 0.1) is 0 Å². The minimum absolute atomic E-state index is 0.321. The van der Waals surface area contributed by atoms with E-state index >= 15 is 0 Å². The first-order valence-corrected chi connectivity index (χ1v) is 6.60. The van der Waals surface area contributed by atoms with Crippen molar-refractivity contribution in [3.8, 4) is 5.75 Å². The summed E-state index contributed by atoms with van der Waals surface area (Å²) in [5, 5.41) is 9.54. The van der Waals surface area contributed by atoms with Crippen LogP contribution in [0.5, 0.6) is 5.75 Å². The molecule has 0 bridgehead atoms. The average molecular weight is 280 g/mol. The van der Waals surface area contributed by atoms with E-state index in [-0.39, 0.29) is 6.04 Å². The number of carboxylic acid groups (broad SMARTS) is 1. The molecule has 0 aliphatic heterocycles. The summed E-state index contributed by atoms with van der Waals surface area (Å²) in [6.45, 7) is 7.40. The first-order chi connectivity index (χ1) is 9.18. The van der Waals surface area contributed by atoms with Gasteiger partial charge in [-0.2, -0.15) is 0 Å². The third kappa shape index (κ3) is 3.63. The van der Waals surface area contributed by atoms with E-state index in [9.17, 15) is 9.90 Å². The van der Waals surface area contributed by atoms with Crippen LogP contribution in [0.15, 0.2) is 24.3 Å². The van der Waals surface area contributed by atoms with Crippen molar-refractivity contribution in [3.05, 3.63) is 29.8 Å². The lowest BCUT2D eigenvalue weighted by Gasteiger charge is -2.41. The lowest BCUT2D eigenvalue weighted by Crippen LogP contribution is -2.51. The number of benzene rings is 1. The van der Waals surface area contributed by atoms with Gasteiger partial charge in [0.1, 0.15) is 5.75 Å². The molecule has 5 nitrogen and oxygen atoms in total. The molecule has 0 heterocycles. The Balaban J connectivity index is 3.24. The van der Waals surface area contributed by atoms with Gasteiger partial charge >= 0.3 is 6.09 Å². The summed E-state index contributed by atoms with van der Waals surface area (Å²) < 4.78 is 5.12. The number of hydrogen-bond donors (Lipinski definition) is 2. The van der Waals surface area contributed by atoms with Crippen molar-refractivity contribution < 1.29 is 14.6 Å². The summed E-state index contributed by atoms with van der Waals surface area (Å²) in [7, 11) is 1.59. The van der Waals surface area contributed by atoms with Crippen molar-refractivity contribution in [2.45, 2.75) is 45.3 Å². The first kappa shape index (κ1) is 16.3. The fourth-order valence-corrected chi connectivity index (χ4v) is 2.31. The molecule has 3 N–H and O–H groups in total. The summed E-state index contributed by atoms with van der Waals surface area (Å²) in [6.07, 6.45) is -0.976. The number of ether oxygens (including phenoxy) is 1. The number of carbonyl (C=O) groups is 1. The highest BCUT2D eigenvalue weighted by atomic mass is 16.5. The van der Waals surface area contributed by atoms with Crippen LogP contribution in [0.25, 0.3) is 0 Å². The molecule has 0 aliphatic carbocycles. The van der Waals surface area contributed by atoms with Gasteiger partial charge in [-0.15, -0.1) is 0 Å². The highest BCUT2D eigenvalue weighted by molar-refractivity contribution is 5.67. The highest BCUT2D eigenvalue weighted by Crippen LogP contribution is 2.31. The molecule has 0 radical (unpaired) electrons. The number of rotatable bonds is 4. The second kappa shape index (κ2) is 6.13. The molecule has 0 aromatic heterocycles. The number of hydrogen-bond acceptors (Lipinski definition) is 3. The third-order valence-corrected chi connectivity index (χ3v) is 3.16. The Kier molecular flexibility index (Phi) is 5.00. The van der Waals surface area contributed by atoms with Crippen LogP contribution >= 0.6 is 0 Å². The third-order valence-electron chi connectivity index (χ3n) is 3.16. The predicted molar refractivity (Wildman–Crippen MR) is 79.0 cm³/mol. The minimum atomic E-state index is -0.976. The summed E-state index contributed by atoms with van der Waals surface area (Å²) in [4.78, 5) is 13.0. The normalized spacial score (nSPS) is 14.5. The fourth-order valence-electron chi connectivity index (χ4n) is 2.31. The van der Waals surface area contributed by atoms with Crippen LogP contribution in [-0.2, 0) is 0 Å². The Morgan fingerprint density at radius 1 is 1.30 bits per heavy atom. The molecule has 2 atom stereocenters. The Labute approximate surface area is 120 Å². The largest absolute Gasteiger partial charge is 0.497 e. The monoisotopic (exact) mass is 280 g/mol. The molecule has 20 heavy (non-hydrogen) atoms. The van der Waals surface area contributed by atoms with Crippen LogP contribution in [0.1, 0.15) is 39.3 Å². The number of methoxy groups -OCH3 is 1. The molecule has 112 valence electrons. The zero-order chi connectivity index (χ0) is 15.5. The molecule has 1 rings (SSSR count). The molecule has 1 aromatic rings. The van der Waals surface area contributed by atoms with E-state index < -0.39 is 17.7 Å². The lowest BCUT2D eigenvalue weighted by atomic mass is 9.94. The first-order valence-electron chi connectivity index (χ1n) is 6.60. The van der Waals surface area contributed by atoms with Gasteiger partial charge < -0.3 is 15.6 Å². The molecule has 0 unspecified atom stereocenters. The lowest BCUT2D eigenvalue weighted by molar-refractivity contribution is 0.0624. The zero-order valence-electron chi connectivity index (χ0n) is 12.8. The molecular formula is C15H24N2O3. The molecular weight excluding hydrogens is 256 g/mol. The number of amides is 1. The van der Waals surface area contributed by atoms with Crippen LogP contribution < -0.4 is 10.5 Å². The van der Waals surface area contributed by atoms with Gasteiger partial charge in [0.25, 0.3) is 0 Å². The molecule has 5 heteroatoms. The van der Waals surface area contributed by atoms with E-state index in [0.717, 1.165) is 11.3 Å². The van der Waals surface area contributed by atoms with Gasteiger partial charge in [0, 0.05) is 11.6 Å². The van der Waals surface area contributed by atoms with Gasteiger partial charge in [-0.25, -0.2) is 4.79 Å². The predicted octanol–water partition coefficient (Wildman–Crippen LogP) is 2.86. The molecule has 0 fully saturated rings. The Morgan fingerprint density at radius 3 is 2.10 bits per heavy atom. The van der Waals surface area contributed by atoms with Gasteiger partial charge in [0.15, 0.2) is 0 Å². The second-order valence-electron chi connectivity index (χ2n) is 5.90. The summed E-state index contributed by atoms with van der Waals surface area (Å²) >= 11 is 0. The van der Waals surface area contributed by atoms with Gasteiger partial charge in [-0.1, -0.05) is 12.1 Å². The Hall–Kier alpha value is -1.75. The van der Waals surface area contributed by atoms with Gasteiger partial charge in [-0.3, -0.25) is 4.90 Å². The second-order valence-corrected chi connectivity index (χ2v) is 5.90. The summed E-state index contributed by atoms with van der Waals surface area (Å²) in [5.74, 6) is 0.731. The van der Waals surface area contributed by atoms with Gasteiger partial charge in [-0.05, 0) is 45.4 Å². The van der Waals surface area contributed by atoms with Crippen molar-refractivity contribution >= 4 is 6.09 Å². The fraction of sp³-hybridized carbons (Fsp3) is 0.533. The SMILES string of the molecule is COc1ccc([C@@H]([C@@H](C)N)N(C(=O)O)C(C)(C)C)cc1. The van der Waals surface area contributed by atoms with E-state index in [0.29, 0.717) is 0 Å². The van der Waals surface area contributed by atoms with E-state index in [1.807, 2.05) is 52.0 Å². The minimum Gasteiger partial charge on any atom is -0.497 e. The maximum absolute atomic E-state index is 11.6. The molecule has 1 amide bonds. The van der Waals surface area contributed by atoms with E-state index in [1.165, 1.54) is 4.90 Å². The van der Waals surface area contributed by atoms with Crippen LogP contribution in [0.4, 0.5) is 4.79 Å². The van der Waals surface area contributed by atoms with Gasteiger partial charge in [0.2, 0.25) is 0 Å². The van der Waals surface area contributed by atoms with Crippen molar-refractivity contribution in [1.82, 2.24) is 4.90 Å². The highest BCUT2D eigenvalue weighted by Gasteiger charge is 2.36. The topological polar surface area (TPSA) is 75.8 Å². The smallest absolute Gasteiger partial charge is 0.408 e. The molecule has 0 aliphatic rings. The van der Waals surface area contributed by atoms with E-state index in [4.69, 9.17) is 10.5 Å². The van der Waals surface area contributed by atoms with E-state index in [1.54, 1.807) is 7.11 Å². The van der Waals surface area contributed by atoms with Crippen molar-refractivity contribution in [2.24, 2.45) is 5.73 Å². The summed E-state index contributed by atoms with van der Waals surface area (Å²) in [6, 6.07) is 6.61. The standard InChI is InChI=1S/C15H24N2O3/c1-10(16)13(17(14(18)19)15(2,3)4)11-6-8-12(20-5)9-7-11/h6-10,13H,16H2,1-5H3,(H,18,19)/t10-,13-/m1/s1. The van der Waals surface area contributed by atoms with Crippen molar-refractivity contribution in [1.29, 1.82) is 0 Å².